The lowest BCUT2D eigenvalue weighted by molar-refractivity contribution is -0.130. The van der Waals surface area contributed by atoms with Gasteiger partial charge < -0.3 is 27.2 Å². The number of aliphatic hydroxyl groups excluding tert-OH is 1. The number of carbonyl (C=O) groups excluding carboxylic acids is 2. The van der Waals surface area contributed by atoms with Gasteiger partial charge in [0.2, 0.25) is 11.8 Å². The molecule has 0 aromatic heterocycles. The second-order valence-corrected chi connectivity index (χ2v) is 7.80. The van der Waals surface area contributed by atoms with Crippen LogP contribution in [-0.4, -0.2) is 60.2 Å². The Labute approximate surface area is 172 Å². The van der Waals surface area contributed by atoms with Gasteiger partial charge in [-0.2, -0.15) is 11.8 Å². The van der Waals surface area contributed by atoms with Crippen LogP contribution in [0.4, 0.5) is 0 Å². The maximum Gasteiger partial charge on any atom is 0.243 e. The highest BCUT2D eigenvalue weighted by Gasteiger charge is 2.25. The fourth-order valence-electron chi connectivity index (χ4n) is 2.76. The lowest BCUT2D eigenvalue weighted by Crippen LogP contribution is -2.54. The van der Waals surface area contributed by atoms with Crippen molar-refractivity contribution in [2.75, 3.05) is 25.2 Å². The van der Waals surface area contributed by atoms with E-state index in [1.165, 1.54) is 0 Å². The first-order valence-electron chi connectivity index (χ1n) is 9.71. The topological polar surface area (TPSA) is 130 Å². The maximum atomic E-state index is 12.8. The highest BCUT2D eigenvalue weighted by Crippen LogP contribution is 2.07. The Morgan fingerprint density at radius 3 is 2.43 bits per heavy atom. The molecular weight excluding hydrogens is 376 g/mol. The van der Waals surface area contributed by atoms with Crippen LogP contribution >= 0.6 is 11.8 Å². The average Bonchev–Trinajstić information content (AvgIpc) is 2.71. The molecule has 3 atom stereocenters. The monoisotopic (exact) mass is 410 g/mol. The molecule has 28 heavy (non-hydrogen) atoms. The number of rotatable bonds is 14. The Kier molecular flexibility index (Phi) is 12.6. The standard InChI is InChI=1S/C20H34N4O3S/c1-28-12-10-17(22)19(26)24-18(13-15-7-3-2-4-8-15)20(27)23-16(14-25)9-5-6-11-21/h2-4,7-8,16-18,25H,5-6,9-14,21-22H2,1H3,(H,23,27)(H,24,26)/t16-,17-,18-/m0/s1. The quantitative estimate of drug-likeness (QED) is 0.282. The van der Waals surface area contributed by atoms with Crippen LogP contribution in [0.5, 0.6) is 0 Å². The molecule has 0 aliphatic rings. The van der Waals surface area contributed by atoms with Gasteiger partial charge in [-0.1, -0.05) is 36.8 Å². The minimum absolute atomic E-state index is 0.157. The maximum absolute atomic E-state index is 12.8. The molecule has 7 N–H and O–H groups in total. The molecule has 0 spiro atoms. The number of aliphatic hydroxyl groups is 1. The van der Waals surface area contributed by atoms with Crippen molar-refractivity contribution in [3.8, 4) is 0 Å². The van der Waals surface area contributed by atoms with Gasteiger partial charge in [-0.3, -0.25) is 9.59 Å². The van der Waals surface area contributed by atoms with Crippen LogP contribution in [0.3, 0.4) is 0 Å². The van der Waals surface area contributed by atoms with Crippen molar-refractivity contribution in [1.82, 2.24) is 10.6 Å². The van der Waals surface area contributed by atoms with Crippen LogP contribution in [-0.2, 0) is 16.0 Å². The fourth-order valence-corrected chi connectivity index (χ4v) is 3.25. The van der Waals surface area contributed by atoms with E-state index in [1.807, 2.05) is 36.6 Å². The van der Waals surface area contributed by atoms with E-state index >= 15 is 0 Å². The predicted molar refractivity (Wildman–Crippen MR) is 115 cm³/mol. The lowest BCUT2D eigenvalue weighted by atomic mass is 10.0. The highest BCUT2D eigenvalue weighted by molar-refractivity contribution is 7.98. The molecule has 1 aromatic carbocycles. The molecule has 1 rings (SSSR count). The van der Waals surface area contributed by atoms with Gasteiger partial charge in [0.25, 0.3) is 0 Å². The predicted octanol–water partition coefficient (Wildman–Crippen LogP) is 0.400. The zero-order valence-corrected chi connectivity index (χ0v) is 17.4. The second-order valence-electron chi connectivity index (χ2n) is 6.81. The normalized spacial score (nSPS) is 14.1. The highest BCUT2D eigenvalue weighted by atomic mass is 32.2. The number of benzene rings is 1. The first kappa shape index (κ1) is 24.4. The van der Waals surface area contributed by atoms with Crippen LogP contribution in [0.15, 0.2) is 30.3 Å². The van der Waals surface area contributed by atoms with Gasteiger partial charge >= 0.3 is 0 Å². The van der Waals surface area contributed by atoms with Crippen molar-refractivity contribution in [1.29, 1.82) is 0 Å². The lowest BCUT2D eigenvalue weighted by Gasteiger charge is -2.24. The Balaban J connectivity index is 2.77. The van der Waals surface area contributed by atoms with E-state index in [2.05, 4.69) is 10.6 Å². The molecule has 0 fully saturated rings. The molecule has 0 aliphatic carbocycles. The summed E-state index contributed by atoms with van der Waals surface area (Å²) in [6.07, 6.45) is 5.15. The summed E-state index contributed by atoms with van der Waals surface area (Å²) in [6.45, 7) is 0.419. The van der Waals surface area contributed by atoms with E-state index in [9.17, 15) is 14.7 Å². The summed E-state index contributed by atoms with van der Waals surface area (Å²) < 4.78 is 0. The van der Waals surface area contributed by atoms with E-state index < -0.39 is 12.1 Å². The van der Waals surface area contributed by atoms with Crippen molar-refractivity contribution in [3.05, 3.63) is 35.9 Å². The molecule has 2 amide bonds. The Bertz CT molecular complexity index is 574. The minimum atomic E-state index is -0.751. The summed E-state index contributed by atoms with van der Waals surface area (Å²) in [5.41, 5.74) is 12.4. The van der Waals surface area contributed by atoms with Gasteiger partial charge in [0.05, 0.1) is 18.7 Å². The van der Waals surface area contributed by atoms with Crippen LogP contribution in [0.2, 0.25) is 0 Å². The van der Waals surface area contributed by atoms with Gasteiger partial charge in [0, 0.05) is 6.42 Å². The third-order valence-electron chi connectivity index (χ3n) is 4.46. The Morgan fingerprint density at radius 1 is 1.11 bits per heavy atom. The van der Waals surface area contributed by atoms with Crippen LogP contribution < -0.4 is 22.1 Å². The van der Waals surface area contributed by atoms with Gasteiger partial charge in [0.15, 0.2) is 0 Å². The number of carbonyl (C=O) groups is 2. The molecule has 1 aromatic rings. The molecule has 0 saturated heterocycles. The number of nitrogens with one attached hydrogen (secondary N) is 2. The van der Waals surface area contributed by atoms with Gasteiger partial charge in [0.1, 0.15) is 6.04 Å². The van der Waals surface area contributed by atoms with Crippen molar-refractivity contribution < 1.29 is 14.7 Å². The van der Waals surface area contributed by atoms with E-state index in [-0.39, 0.29) is 24.5 Å². The third kappa shape index (κ3) is 9.54. The van der Waals surface area contributed by atoms with Crippen molar-refractivity contribution in [2.45, 2.75) is 50.2 Å². The van der Waals surface area contributed by atoms with E-state index in [0.29, 0.717) is 25.8 Å². The van der Waals surface area contributed by atoms with E-state index in [4.69, 9.17) is 11.5 Å². The number of unbranched alkanes of at least 4 members (excludes halogenated alkanes) is 1. The summed E-state index contributed by atoms with van der Waals surface area (Å²) >= 11 is 1.62. The minimum Gasteiger partial charge on any atom is -0.394 e. The zero-order chi connectivity index (χ0) is 20.8. The fraction of sp³-hybridized carbons (Fsp3) is 0.600. The third-order valence-corrected chi connectivity index (χ3v) is 5.10. The summed E-state index contributed by atoms with van der Waals surface area (Å²) in [5.74, 6) is 0.118. The van der Waals surface area contributed by atoms with Crippen molar-refractivity contribution in [2.24, 2.45) is 11.5 Å². The molecule has 0 aliphatic heterocycles. The largest absolute Gasteiger partial charge is 0.394 e. The molecule has 158 valence electrons. The van der Waals surface area contributed by atoms with E-state index in [0.717, 1.165) is 24.2 Å². The van der Waals surface area contributed by atoms with Gasteiger partial charge in [-0.15, -0.1) is 0 Å². The van der Waals surface area contributed by atoms with Gasteiger partial charge in [-0.25, -0.2) is 0 Å². The Hall–Kier alpha value is -1.61. The summed E-state index contributed by atoms with van der Waals surface area (Å²) in [5, 5.41) is 15.2. The number of hydrogen-bond acceptors (Lipinski definition) is 6. The number of nitrogens with two attached hydrogens (primary N) is 2. The second kappa shape index (κ2) is 14.4. The number of amides is 2. The molecule has 8 heteroatoms. The molecule has 0 saturated carbocycles. The van der Waals surface area contributed by atoms with E-state index in [1.54, 1.807) is 11.8 Å². The van der Waals surface area contributed by atoms with Crippen LogP contribution in [0, 0.1) is 0 Å². The SMILES string of the molecule is CSCC[C@H](N)C(=O)N[C@@H](Cc1ccccc1)C(=O)N[C@H](CO)CCCCN. The summed E-state index contributed by atoms with van der Waals surface area (Å²) in [7, 11) is 0. The zero-order valence-electron chi connectivity index (χ0n) is 16.6. The van der Waals surface area contributed by atoms with Crippen molar-refractivity contribution >= 4 is 23.6 Å². The molecule has 0 unspecified atom stereocenters. The first-order valence-corrected chi connectivity index (χ1v) is 11.1. The molecule has 0 bridgehead atoms. The van der Waals surface area contributed by atoms with Crippen molar-refractivity contribution in [3.63, 3.8) is 0 Å². The summed E-state index contributed by atoms with van der Waals surface area (Å²) in [4.78, 5) is 25.2. The van der Waals surface area contributed by atoms with Gasteiger partial charge in [-0.05, 0) is 43.4 Å². The Morgan fingerprint density at radius 2 is 1.82 bits per heavy atom. The van der Waals surface area contributed by atoms with Crippen LogP contribution in [0.25, 0.3) is 0 Å². The molecular formula is C20H34N4O3S. The number of hydrogen-bond donors (Lipinski definition) is 5. The molecule has 0 heterocycles. The van der Waals surface area contributed by atoms with Crippen LogP contribution in [0.1, 0.15) is 31.2 Å². The number of thioether (sulfide) groups is 1. The molecule has 0 radical (unpaired) electrons. The first-order chi connectivity index (χ1) is 13.5. The average molecular weight is 411 g/mol. The smallest absolute Gasteiger partial charge is 0.243 e. The summed E-state index contributed by atoms with van der Waals surface area (Å²) in [6, 6.07) is 7.72. The molecule has 7 nitrogen and oxygen atoms in total.